The number of methoxy groups -OCH3 is 1. The molecule has 42 heavy (non-hydrogen) atoms. The predicted molar refractivity (Wildman–Crippen MR) is 164 cm³/mol. The van der Waals surface area contributed by atoms with Gasteiger partial charge in [0.25, 0.3) is 20.0 Å². The van der Waals surface area contributed by atoms with Crippen LogP contribution in [-0.2, 0) is 24.8 Å². The summed E-state index contributed by atoms with van der Waals surface area (Å²) in [5, 5.41) is 4.31. The van der Waals surface area contributed by atoms with Gasteiger partial charge in [0.1, 0.15) is 12.3 Å². The third-order valence-corrected chi connectivity index (χ3v) is 9.61. The second kappa shape index (κ2) is 11.9. The van der Waals surface area contributed by atoms with Gasteiger partial charge in [-0.2, -0.15) is 0 Å². The maximum absolute atomic E-state index is 13.6. The van der Waals surface area contributed by atoms with Gasteiger partial charge in [-0.05, 0) is 60.0 Å². The number of rotatable bonds is 10. The van der Waals surface area contributed by atoms with Crippen molar-refractivity contribution in [3.8, 4) is 5.75 Å². The zero-order valence-corrected chi connectivity index (χ0v) is 24.1. The molecule has 0 aliphatic rings. The molecule has 0 aliphatic carbocycles. The van der Waals surface area contributed by atoms with Crippen LogP contribution in [-0.4, -0.2) is 36.4 Å². The van der Waals surface area contributed by atoms with E-state index in [1.54, 1.807) is 54.6 Å². The second-order valence-corrected chi connectivity index (χ2v) is 12.7. The summed E-state index contributed by atoms with van der Waals surface area (Å²) >= 11 is 0. The van der Waals surface area contributed by atoms with E-state index in [1.807, 2.05) is 30.3 Å². The van der Waals surface area contributed by atoms with E-state index < -0.39 is 32.5 Å². The van der Waals surface area contributed by atoms with E-state index in [0.29, 0.717) is 11.4 Å². The fourth-order valence-corrected chi connectivity index (χ4v) is 6.95. The minimum Gasteiger partial charge on any atom is -0.495 e. The Hall–Kier alpha value is -4.87. The summed E-state index contributed by atoms with van der Waals surface area (Å²) in [4.78, 5) is 13.1. The van der Waals surface area contributed by atoms with Crippen molar-refractivity contribution in [2.24, 2.45) is 0 Å². The molecule has 0 aliphatic heterocycles. The van der Waals surface area contributed by atoms with E-state index >= 15 is 0 Å². The molecule has 0 spiro atoms. The lowest BCUT2D eigenvalue weighted by Gasteiger charge is -2.25. The number of carbonyl (C=O) groups is 1. The van der Waals surface area contributed by atoms with Crippen molar-refractivity contribution in [2.75, 3.05) is 28.0 Å². The van der Waals surface area contributed by atoms with Gasteiger partial charge in [0.05, 0.1) is 28.3 Å². The van der Waals surface area contributed by atoms with E-state index in [4.69, 9.17) is 4.74 Å². The molecule has 0 saturated heterocycles. The second-order valence-electron chi connectivity index (χ2n) is 9.20. The van der Waals surface area contributed by atoms with Gasteiger partial charge < -0.3 is 10.1 Å². The number of benzene rings is 5. The number of nitrogens with one attached hydrogen (secondary N) is 2. The van der Waals surface area contributed by atoms with Gasteiger partial charge >= 0.3 is 0 Å². The molecular weight excluding hydrogens is 574 g/mol. The largest absolute Gasteiger partial charge is 0.495 e. The summed E-state index contributed by atoms with van der Waals surface area (Å²) in [7, 11) is -6.65. The van der Waals surface area contributed by atoms with Crippen molar-refractivity contribution in [3.63, 3.8) is 0 Å². The number of fused-ring (bicyclic) bond motifs is 1. The molecule has 214 valence electrons. The smallest absolute Gasteiger partial charge is 0.264 e. The molecule has 0 aromatic heterocycles. The molecule has 0 bridgehead atoms. The summed E-state index contributed by atoms with van der Waals surface area (Å²) in [6.45, 7) is -0.555. The van der Waals surface area contributed by atoms with Gasteiger partial charge in [-0.1, -0.05) is 66.7 Å². The number of ether oxygens (including phenoxy) is 1. The summed E-state index contributed by atoms with van der Waals surface area (Å²) in [6.07, 6.45) is 0. The monoisotopic (exact) mass is 601 g/mol. The quantitative estimate of drug-likeness (QED) is 0.219. The average molecular weight is 602 g/mol. The molecule has 11 heteroatoms. The van der Waals surface area contributed by atoms with Crippen molar-refractivity contribution in [3.05, 3.63) is 121 Å². The van der Waals surface area contributed by atoms with Crippen molar-refractivity contribution in [1.82, 2.24) is 0 Å². The molecule has 0 unspecified atom stereocenters. The van der Waals surface area contributed by atoms with Gasteiger partial charge in [0, 0.05) is 11.1 Å². The SMILES string of the molecule is COc1ccccc1N(CC(=O)Nc1ccc(S(=O)(=O)Nc2cccc3ccccc23)cc1)S(=O)(=O)c1ccccc1. The fraction of sp³-hybridized carbons (Fsp3) is 0.0645. The Morgan fingerprint density at radius 2 is 1.36 bits per heavy atom. The normalized spacial score (nSPS) is 11.5. The molecule has 0 radical (unpaired) electrons. The van der Waals surface area contributed by atoms with Crippen LogP contribution < -0.4 is 19.1 Å². The van der Waals surface area contributed by atoms with Crippen LogP contribution in [0.1, 0.15) is 0 Å². The zero-order valence-electron chi connectivity index (χ0n) is 22.5. The third-order valence-electron chi connectivity index (χ3n) is 6.45. The lowest BCUT2D eigenvalue weighted by atomic mass is 10.1. The van der Waals surface area contributed by atoms with Gasteiger partial charge in [-0.15, -0.1) is 0 Å². The molecular formula is C31H27N3O6S2. The zero-order chi connectivity index (χ0) is 29.7. The van der Waals surface area contributed by atoms with E-state index in [-0.39, 0.29) is 21.2 Å². The van der Waals surface area contributed by atoms with Crippen molar-refractivity contribution >= 4 is 53.8 Å². The fourth-order valence-electron chi connectivity index (χ4n) is 4.42. The van der Waals surface area contributed by atoms with Crippen LogP contribution in [0.2, 0.25) is 0 Å². The molecule has 5 rings (SSSR count). The molecule has 9 nitrogen and oxygen atoms in total. The first kappa shape index (κ1) is 28.7. The number of sulfonamides is 2. The Morgan fingerprint density at radius 1 is 0.714 bits per heavy atom. The topological polar surface area (TPSA) is 122 Å². The van der Waals surface area contributed by atoms with E-state index in [9.17, 15) is 21.6 Å². The molecule has 0 atom stereocenters. The summed E-state index contributed by atoms with van der Waals surface area (Å²) in [5.41, 5.74) is 0.933. The standard InChI is InChI=1S/C31H27N3O6S2/c1-40-30-17-8-7-16-29(30)34(42(38,39)26-12-3-2-4-13-26)22-31(35)32-24-18-20-25(21-19-24)41(36,37)33-28-15-9-11-23-10-5-6-14-27(23)28/h2-21,33H,22H2,1H3,(H,32,35). The summed E-state index contributed by atoms with van der Waals surface area (Å²) in [6, 6.07) is 32.7. The summed E-state index contributed by atoms with van der Waals surface area (Å²) < 4.78 is 62.4. The molecule has 5 aromatic carbocycles. The number of anilines is 3. The third kappa shape index (κ3) is 6.07. The minimum atomic E-state index is -4.14. The Kier molecular flexibility index (Phi) is 8.14. The highest BCUT2D eigenvalue weighted by atomic mass is 32.2. The molecule has 5 aromatic rings. The van der Waals surface area contributed by atoms with Gasteiger partial charge in [0.2, 0.25) is 5.91 Å². The number of hydrogen-bond donors (Lipinski definition) is 2. The first-order chi connectivity index (χ1) is 20.2. The number of para-hydroxylation sites is 2. The number of nitrogens with zero attached hydrogens (tertiary/aromatic N) is 1. The lowest BCUT2D eigenvalue weighted by Crippen LogP contribution is -2.38. The molecule has 0 heterocycles. The van der Waals surface area contributed by atoms with Gasteiger partial charge in [0.15, 0.2) is 0 Å². The maximum Gasteiger partial charge on any atom is 0.264 e. The van der Waals surface area contributed by atoms with E-state index in [0.717, 1.165) is 15.1 Å². The molecule has 0 saturated carbocycles. The van der Waals surface area contributed by atoms with Crippen LogP contribution in [0.3, 0.4) is 0 Å². The average Bonchev–Trinajstić information content (AvgIpc) is 3.00. The Morgan fingerprint density at radius 3 is 2.10 bits per heavy atom. The van der Waals surface area contributed by atoms with Crippen molar-refractivity contribution in [2.45, 2.75) is 9.79 Å². The van der Waals surface area contributed by atoms with Gasteiger partial charge in [-0.3, -0.25) is 13.8 Å². The van der Waals surface area contributed by atoms with E-state index in [2.05, 4.69) is 10.0 Å². The van der Waals surface area contributed by atoms with Gasteiger partial charge in [-0.25, -0.2) is 16.8 Å². The van der Waals surface area contributed by atoms with Crippen LogP contribution in [0.5, 0.6) is 5.75 Å². The number of carbonyl (C=O) groups excluding carboxylic acids is 1. The Balaban J connectivity index is 1.36. The molecule has 1 amide bonds. The van der Waals surface area contributed by atoms with Crippen LogP contribution in [0, 0.1) is 0 Å². The highest BCUT2D eigenvalue weighted by Gasteiger charge is 2.29. The Bertz CT molecular complexity index is 1940. The first-order valence-electron chi connectivity index (χ1n) is 12.8. The van der Waals surface area contributed by atoms with Crippen molar-refractivity contribution < 1.29 is 26.4 Å². The summed E-state index contributed by atoms with van der Waals surface area (Å²) in [5.74, 6) is -0.358. The van der Waals surface area contributed by atoms with Crippen molar-refractivity contribution in [1.29, 1.82) is 0 Å². The number of hydrogen-bond acceptors (Lipinski definition) is 6. The van der Waals surface area contributed by atoms with Crippen LogP contribution in [0.4, 0.5) is 17.1 Å². The first-order valence-corrected chi connectivity index (χ1v) is 15.7. The minimum absolute atomic E-state index is 0.00395. The maximum atomic E-state index is 13.6. The van der Waals surface area contributed by atoms with Crippen LogP contribution in [0.15, 0.2) is 131 Å². The molecule has 0 fully saturated rings. The lowest BCUT2D eigenvalue weighted by molar-refractivity contribution is -0.114. The predicted octanol–water partition coefficient (Wildman–Crippen LogP) is 5.48. The van der Waals surface area contributed by atoms with Crippen LogP contribution in [0.25, 0.3) is 10.8 Å². The highest BCUT2D eigenvalue weighted by molar-refractivity contribution is 7.93. The van der Waals surface area contributed by atoms with Crippen LogP contribution >= 0.6 is 0 Å². The number of amides is 1. The Labute approximate surface area is 244 Å². The van der Waals surface area contributed by atoms with E-state index in [1.165, 1.54) is 43.5 Å². The highest BCUT2D eigenvalue weighted by Crippen LogP contribution is 2.32. The molecule has 2 N–H and O–H groups in total.